The highest BCUT2D eigenvalue weighted by molar-refractivity contribution is 6.27. The van der Waals surface area contributed by atoms with Crippen molar-refractivity contribution in [2.24, 2.45) is 0 Å². The summed E-state index contributed by atoms with van der Waals surface area (Å²) in [5.41, 5.74) is 0.948. The predicted molar refractivity (Wildman–Crippen MR) is 84.7 cm³/mol. The minimum atomic E-state index is -0.381. The van der Waals surface area contributed by atoms with E-state index in [1.54, 1.807) is 11.9 Å². The van der Waals surface area contributed by atoms with Crippen molar-refractivity contribution in [1.29, 1.82) is 0 Å². The summed E-state index contributed by atoms with van der Waals surface area (Å²) < 4.78 is 5.28. The Balaban J connectivity index is 1.82. The Labute approximate surface area is 135 Å². The summed E-state index contributed by atoms with van der Waals surface area (Å²) in [4.78, 5) is 27.0. The van der Waals surface area contributed by atoms with E-state index in [4.69, 9.17) is 16.3 Å². The molecule has 1 atom stereocenters. The summed E-state index contributed by atoms with van der Waals surface area (Å²) in [5.74, 6) is -0.0891. The summed E-state index contributed by atoms with van der Waals surface area (Å²) in [7, 11) is 1.69. The molecule has 0 saturated carbocycles. The monoisotopic (exact) mass is 324 g/mol. The van der Waals surface area contributed by atoms with Gasteiger partial charge in [-0.25, -0.2) is 4.79 Å². The van der Waals surface area contributed by atoms with E-state index < -0.39 is 0 Å². The normalized spacial score (nSPS) is 17.4. The number of ether oxygens (including phenoxy) is 1. The zero-order valence-corrected chi connectivity index (χ0v) is 13.5. The van der Waals surface area contributed by atoms with Crippen molar-refractivity contribution in [3.05, 3.63) is 35.9 Å². The molecule has 1 aliphatic rings. The third-order valence-corrected chi connectivity index (χ3v) is 4.04. The Kier molecular flexibility index (Phi) is 6.07. The Morgan fingerprint density at radius 3 is 2.77 bits per heavy atom. The Hall–Kier alpha value is -1.75. The number of amides is 2. The van der Waals surface area contributed by atoms with Gasteiger partial charge in [-0.3, -0.25) is 4.79 Å². The number of likely N-dealkylation sites (tertiary alicyclic amines) is 1. The average molecular weight is 325 g/mol. The van der Waals surface area contributed by atoms with Crippen LogP contribution in [0.3, 0.4) is 0 Å². The lowest BCUT2D eigenvalue weighted by Gasteiger charge is -2.28. The molecule has 0 N–H and O–H groups in total. The standard InChI is InChI=1S/C16H21ClN2O3/c1-18(11-14-8-5-9-19(14)15(20)10-17)16(21)22-12-13-6-3-2-4-7-13/h2-4,6-7,14H,5,8-12H2,1H3. The molecule has 1 aromatic rings. The molecule has 1 aliphatic heterocycles. The maximum Gasteiger partial charge on any atom is 0.409 e. The summed E-state index contributed by atoms with van der Waals surface area (Å²) in [5, 5.41) is 0. The minimum absolute atomic E-state index is 0.0152. The number of rotatable bonds is 5. The number of hydrogen-bond acceptors (Lipinski definition) is 3. The second-order valence-corrected chi connectivity index (χ2v) is 5.70. The van der Waals surface area contributed by atoms with E-state index in [0.717, 1.165) is 18.4 Å². The Morgan fingerprint density at radius 1 is 1.36 bits per heavy atom. The van der Waals surface area contributed by atoms with Gasteiger partial charge in [0.2, 0.25) is 5.91 Å². The van der Waals surface area contributed by atoms with Gasteiger partial charge in [0.15, 0.2) is 0 Å². The Morgan fingerprint density at radius 2 is 2.09 bits per heavy atom. The molecule has 1 unspecified atom stereocenters. The number of hydrogen-bond donors (Lipinski definition) is 0. The average Bonchev–Trinajstić information content (AvgIpc) is 3.00. The van der Waals surface area contributed by atoms with E-state index in [-0.39, 0.29) is 30.5 Å². The van der Waals surface area contributed by atoms with Crippen molar-refractivity contribution in [3.8, 4) is 0 Å². The van der Waals surface area contributed by atoms with Crippen molar-refractivity contribution >= 4 is 23.6 Å². The van der Waals surface area contributed by atoms with Gasteiger partial charge < -0.3 is 14.5 Å². The zero-order chi connectivity index (χ0) is 15.9. The molecule has 5 nitrogen and oxygen atoms in total. The van der Waals surface area contributed by atoms with E-state index in [1.807, 2.05) is 30.3 Å². The number of carbonyl (C=O) groups is 2. The topological polar surface area (TPSA) is 49.9 Å². The van der Waals surface area contributed by atoms with Gasteiger partial charge in [-0.15, -0.1) is 11.6 Å². The van der Waals surface area contributed by atoms with Crippen LogP contribution < -0.4 is 0 Å². The lowest BCUT2D eigenvalue weighted by Crippen LogP contribution is -2.44. The van der Waals surface area contributed by atoms with Crippen molar-refractivity contribution in [2.75, 3.05) is 26.0 Å². The van der Waals surface area contributed by atoms with Crippen molar-refractivity contribution in [2.45, 2.75) is 25.5 Å². The van der Waals surface area contributed by atoms with E-state index in [9.17, 15) is 9.59 Å². The summed E-state index contributed by atoms with van der Waals surface area (Å²) >= 11 is 5.62. The molecule has 22 heavy (non-hydrogen) atoms. The van der Waals surface area contributed by atoms with Crippen LogP contribution in [0.15, 0.2) is 30.3 Å². The van der Waals surface area contributed by atoms with Gasteiger partial charge in [-0.05, 0) is 18.4 Å². The van der Waals surface area contributed by atoms with Gasteiger partial charge in [0.1, 0.15) is 12.5 Å². The predicted octanol–water partition coefficient (Wildman–Crippen LogP) is 2.48. The van der Waals surface area contributed by atoms with E-state index in [2.05, 4.69) is 0 Å². The number of halogens is 1. The van der Waals surface area contributed by atoms with Crippen molar-refractivity contribution < 1.29 is 14.3 Å². The lowest BCUT2D eigenvalue weighted by molar-refractivity contribution is -0.129. The first-order chi connectivity index (χ1) is 10.6. The molecule has 0 bridgehead atoms. The van der Waals surface area contributed by atoms with Crippen LogP contribution >= 0.6 is 11.6 Å². The van der Waals surface area contributed by atoms with E-state index in [0.29, 0.717) is 13.1 Å². The van der Waals surface area contributed by atoms with Gasteiger partial charge in [0.05, 0.1) is 0 Å². The number of likely N-dealkylation sites (N-methyl/N-ethyl adjacent to an activating group) is 1. The maximum absolute atomic E-state index is 12.0. The summed E-state index contributed by atoms with van der Waals surface area (Å²) in [6.45, 7) is 1.43. The third kappa shape index (κ3) is 4.37. The second-order valence-electron chi connectivity index (χ2n) is 5.44. The fourth-order valence-electron chi connectivity index (χ4n) is 2.65. The molecular weight excluding hydrogens is 304 g/mol. The molecule has 1 fully saturated rings. The molecule has 0 spiro atoms. The van der Waals surface area contributed by atoms with Crippen LogP contribution in [0, 0.1) is 0 Å². The lowest BCUT2D eigenvalue weighted by atomic mass is 10.2. The molecule has 0 aliphatic carbocycles. The highest BCUT2D eigenvalue weighted by atomic mass is 35.5. The zero-order valence-electron chi connectivity index (χ0n) is 12.7. The van der Waals surface area contributed by atoms with Crippen LogP contribution in [-0.4, -0.2) is 53.9 Å². The first-order valence-electron chi connectivity index (χ1n) is 7.39. The fraction of sp³-hybridized carbons (Fsp3) is 0.500. The SMILES string of the molecule is CN(CC1CCCN1C(=O)CCl)C(=O)OCc1ccccc1. The number of carbonyl (C=O) groups excluding carboxylic acids is 2. The molecule has 1 aromatic carbocycles. The molecular formula is C16H21ClN2O3. The minimum Gasteiger partial charge on any atom is -0.445 e. The van der Waals surface area contributed by atoms with Crippen molar-refractivity contribution in [1.82, 2.24) is 9.80 Å². The first kappa shape index (κ1) is 16.6. The molecule has 2 rings (SSSR count). The number of alkyl halides is 1. The van der Waals surface area contributed by atoms with Crippen LogP contribution in [0.4, 0.5) is 4.79 Å². The van der Waals surface area contributed by atoms with Crippen LogP contribution in [0.1, 0.15) is 18.4 Å². The van der Waals surface area contributed by atoms with Crippen LogP contribution in [0.25, 0.3) is 0 Å². The Bertz CT molecular complexity index is 509. The largest absolute Gasteiger partial charge is 0.445 e. The van der Waals surface area contributed by atoms with E-state index >= 15 is 0 Å². The van der Waals surface area contributed by atoms with Gasteiger partial charge in [-0.1, -0.05) is 30.3 Å². The van der Waals surface area contributed by atoms with Crippen LogP contribution in [0.5, 0.6) is 0 Å². The quantitative estimate of drug-likeness (QED) is 0.782. The maximum atomic E-state index is 12.0. The van der Waals surface area contributed by atoms with Gasteiger partial charge in [0.25, 0.3) is 0 Å². The number of benzene rings is 1. The first-order valence-corrected chi connectivity index (χ1v) is 7.92. The van der Waals surface area contributed by atoms with Crippen LogP contribution in [0.2, 0.25) is 0 Å². The molecule has 1 saturated heterocycles. The molecule has 1 heterocycles. The smallest absolute Gasteiger partial charge is 0.409 e. The van der Waals surface area contributed by atoms with Gasteiger partial charge in [-0.2, -0.15) is 0 Å². The van der Waals surface area contributed by atoms with E-state index in [1.165, 1.54) is 4.90 Å². The molecule has 2 amide bonds. The van der Waals surface area contributed by atoms with Crippen LogP contribution in [-0.2, 0) is 16.1 Å². The molecule has 6 heteroatoms. The highest BCUT2D eigenvalue weighted by Gasteiger charge is 2.30. The highest BCUT2D eigenvalue weighted by Crippen LogP contribution is 2.18. The molecule has 120 valence electrons. The fourth-order valence-corrected chi connectivity index (χ4v) is 2.80. The third-order valence-electron chi connectivity index (χ3n) is 3.81. The molecule has 0 aromatic heterocycles. The number of nitrogens with zero attached hydrogens (tertiary/aromatic N) is 2. The van der Waals surface area contributed by atoms with Crippen molar-refractivity contribution in [3.63, 3.8) is 0 Å². The summed E-state index contributed by atoms with van der Waals surface area (Å²) in [6.07, 6.45) is 1.45. The summed E-state index contributed by atoms with van der Waals surface area (Å²) in [6, 6.07) is 9.57. The van der Waals surface area contributed by atoms with Gasteiger partial charge >= 0.3 is 6.09 Å². The second kappa shape index (κ2) is 8.03. The van der Waals surface area contributed by atoms with Gasteiger partial charge in [0, 0.05) is 26.2 Å². The molecule has 0 radical (unpaired) electrons.